The Hall–Kier alpha value is -1.66. The van der Waals surface area contributed by atoms with Gasteiger partial charge in [-0.05, 0) is 13.8 Å². The average molecular weight is 248 g/mol. The van der Waals surface area contributed by atoms with E-state index in [1.54, 1.807) is 12.4 Å². The Morgan fingerprint density at radius 3 is 2.22 bits per heavy atom. The van der Waals surface area contributed by atoms with Crippen LogP contribution < -0.4 is 10.6 Å². The number of rotatable bonds is 7. The first-order chi connectivity index (χ1) is 8.66. The maximum Gasteiger partial charge on any atom is 0.120 e. The molecule has 0 amide bonds. The standard InChI is InChI=1S/C12H20N6/c1-12(2,18-8-11-16-5-6-17-11)9-13-7-10-14-3-4-15-10/h3-6,13,18H,7-9H2,1-2H3,(H,14,15)(H,16,17). The normalized spacial score (nSPS) is 11.9. The number of aromatic nitrogens is 4. The summed E-state index contributed by atoms with van der Waals surface area (Å²) in [6.07, 6.45) is 7.19. The fourth-order valence-corrected chi connectivity index (χ4v) is 1.67. The summed E-state index contributed by atoms with van der Waals surface area (Å²) in [5, 5.41) is 6.83. The van der Waals surface area contributed by atoms with E-state index < -0.39 is 0 Å². The molecule has 98 valence electrons. The zero-order valence-corrected chi connectivity index (χ0v) is 10.8. The number of hydrogen-bond acceptors (Lipinski definition) is 4. The molecule has 0 aliphatic heterocycles. The molecule has 0 aromatic carbocycles. The quantitative estimate of drug-likeness (QED) is 0.584. The van der Waals surface area contributed by atoms with Crippen molar-refractivity contribution >= 4 is 0 Å². The number of H-pyrrole nitrogens is 2. The van der Waals surface area contributed by atoms with Crippen LogP contribution in [0.15, 0.2) is 24.8 Å². The third-order valence-corrected chi connectivity index (χ3v) is 2.70. The van der Waals surface area contributed by atoms with E-state index in [9.17, 15) is 0 Å². The van der Waals surface area contributed by atoms with Gasteiger partial charge < -0.3 is 20.6 Å². The highest BCUT2D eigenvalue weighted by atomic mass is 15.1. The number of aromatic amines is 2. The van der Waals surface area contributed by atoms with Crippen molar-refractivity contribution < 1.29 is 0 Å². The number of nitrogens with zero attached hydrogens (tertiary/aromatic N) is 2. The SMILES string of the molecule is CC(C)(CNCc1ncc[nH]1)NCc1ncc[nH]1. The Morgan fingerprint density at radius 2 is 1.67 bits per heavy atom. The van der Waals surface area contributed by atoms with Gasteiger partial charge in [0.25, 0.3) is 0 Å². The van der Waals surface area contributed by atoms with Gasteiger partial charge in [0, 0.05) is 36.9 Å². The van der Waals surface area contributed by atoms with E-state index in [0.29, 0.717) is 0 Å². The van der Waals surface area contributed by atoms with Gasteiger partial charge in [-0.15, -0.1) is 0 Å². The molecule has 4 N–H and O–H groups in total. The molecule has 18 heavy (non-hydrogen) atoms. The summed E-state index contributed by atoms with van der Waals surface area (Å²) < 4.78 is 0. The van der Waals surface area contributed by atoms with Crippen LogP contribution in [0.5, 0.6) is 0 Å². The van der Waals surface area contributed by atoms with Gasteiger partial charge in [0.15, 0.2) is 0 Å². The average Bonchev–Trinajstić information content (AvgIpc) is 2.99. The third kappa shape index (κ3) is 3.97. The highest BCUT2D eigenvalue weighted by Gasteiger charge is 2.16. The minimum absolute atomic E-state index is 0.000612. The lowest BCUT2D eigenvalue weighted by atomic mass is 10.1. The molecule has 0 fully saturated rings. The van der Waals surface area contributed by atoms with E-state index in [2.05, 4.69) is 44.4 Å². The Bertz CT molecular complexity index is 431. The van der Waals surface area contributed by atoms with Gasteiger partial charge in [0.2, 0.25) is 0 Å². The summed E-state index contributed by atoms with van der Waals surface area (Å²) in [6, 6.07) is 0. The van der Waals surface area contributed by atoms with Crippen molar-refractivity contribution in [2.45, 2.75) is 32.5 Å². The molecule has 2 rings (SSSR count). The lowest BCUT2D eigenvalue weighted by Crippen LogP contribution is -2.47. The van der Waals surface area contributed by atoms with E-state index in [0.717, 1.165) is 31.3 Å². The molecule has 0 aliphatic rings. The van der Waals surface area contributed by atoms with Gasteiger partial charge in [0.05, 0.1) is 13.1 Å². The summed E-state index contributed by atoms with van der Waals surface area (Å²) in [6.45, 7) is 6.66. The lowest BCUT2D eigenvalue weighted by Gasteiger charge is -2.26. The van der Waals surface area contributed by atoms with Gasteiger partial charge in [-0.3, -0.25) is 0 Å². The van der Waals surface area contributed by atoms with Crippen LogP contribution in [0.4, 0.5) is 0 Å². The largest absolute Gasteiger partial charge is 0.348 e. The summed E-state index contributed by atoms with van der Waals surface area (Å²) in [4.78, 5) is 14.5. The predicted octanol–water partition coefficient (Wildman–Crippen LogP) is 0.791. The minimum atomic E-state index is -0.000612. The van der Waals surface area contributed by atoms with Gasteiger partial charge >= 0.3 is 0 Å². The Morgan fingerprint density at radius 1 is 1.06 bits per heavy atom. The molecule has 0 atom stereocenters. The molecule has 2 heterocycles. The molecule has 0 unspecified atom stereocenters. The highest BCUT2D eigenvalue weighted by molar-refractivity contribution is 4.91. The molecular weight excluding hydrogens is 228 g/mol. The van der Waals surface area contributed by atoms with Gasteiger partial charge in [-0.2, -0.15) is 0 Å². The molecule has 0 spiro atoms. The molecule has 2 aromatic heterocycles. The fraction of sp³-hybridized carbons (Fsp3) is 0.500. The van der Waals surface area contributed by atoms with Crippen LogP contribution in [0.1, 0.15) is 25.5 Å². The number of nitrogens with one attached hydrogen (secondary N) is 4. The second-order valence-electron chi connectivity index (χ2n) is 4.91. The molecule has 0 bridgehead atoms. The second-order valence-corrected chi connectivity index (χ2v) is 4.91. The number of hydrogen-bond donors (Lipinski definition) is 4. The van der Waals surface area contributed by atoms with E-state index in [-0.39, 0.29) is 5.54 Å². The van der Waals surface area contributed by atoms with Gasteiger partial charge in [-0.1, -0.05) is 0 Å². The molecule has 0 saturated carbocycles. The topological polar surface area (TPSA) is 81.4 Å². The Balaban J connectivity index is 1.70. The van der Waals surface area contributed by atoms with Crippen LogP contribution in [0.2, 0.25) is 0 Å². The maximum absolute atomic E-state index is 4.19. The molecule has 0 saturated heterocycles. The van der Waals surface area contributed by atoms with Crippen LogP contribution in [0, 0.1) is 0 Å². The first-order valence-electron chi connectivity index (χ1n) is 6.08. The van der Waals surface area contributed by atoms with Crippen molar-refractivity contribution in [1.29, 1.82) is 0 Å². The van der Waals surface area contributed by atoms with E-state index in [1.165, 1.54) is 0 Å². The van der Waals surface area contributed by atoms with Crippen molar-refractivity contribution in [2.24, 2.45) is 0 Å². The molecular formula is C12H20N6. The Kier molecular flexibility index (Phi) is 4.11. The van der Waals surface area contributed by atoms with E-state index in [4.69, 9.17) is 0 Å². The van der Waals surface area contributed by atoms with Gasteiger partial charge in [0.1, 0.15) is 11.6 Å². The van der Waals surface area contributed by atoms with Crippen LogP contribution in [-0.4, -0.2) is 32.0 Å². The Labute approximate surface area is 107 Å². The first-order valence-corrected chi connectivity index (χ1v) is 6.08. The summed E-state index contributed by atoms with van der Waals surface area (Å²) >= 11 is 0. The third-order valence-electron chi connectivity index (χ3n) is 2.70. The molecule has 0 aliphatic carbocycles. The van der Waals surface area contributed by atoms with E-state index >= 15 is 0 Å². The summed E-state index contributed by atoms with van der Waals surface area (Å²) in [5.74, 6) is 1.91. The highest BCUT2D eigenvalue weighted by Crippen LogP contribution is 2.02. The number of imidazole rings is 2. The summed E-state index contributed by atoms with van der Waals surface area (Å²) in [7, 11) is 0. The second kappa shape index (κ2) is 5.79. The van der Waals surface area contributed by atoms with Crippen LogP contribution >= 0.6 is 0 Å². The lowest BCUT2D eigenvalue weighted by molar-refractivity contribution is 0.357. The smallest absolute Gasteiger partial charge is 0.120 e. The monoisotopic (exact) mass is 248 g/mol. The van der Waals surface area contributed by atoms with Crippen molar-refractivity contribution in [1.82, 2.24) is 30.6 Å². The fourth-order valence-electron chi connectivity index (χ4n) is 1.67. The zero-order valence-electron chi connectivity index (χ0n) is 10.8. The maximum atomic E-state index is 4.19. The van der Waals surface area contributed by atoms with Gasteiger partial charge in [-0.25, -0.2) is 9.97 Å². The van der Waals surface area contributed by atoms with Crippen LogP contribution in [0.3, 0.4) is 0 Å². The van der Waals surface area contributed by atoms with Crippen molar-refractivity contribution in [3.05, 3.63) is 36.4 Å². The first kappa shape index (κ1) is 12.8. The summed E-state index contributed by atoms with van der Waals surface area (Å²) in [5.41, 5.74) is -0.000612. The molecule has 6 heteroatoms. The zero-order chi connectivity index (χ0) is 12.8. The minimum Gasteiger partial charge on any atom is -0.348 e. The van der Waals surface area contributed by atoms with Crippen LogP contribution in [0.25, 0.3) is 0 Å². The van der Waals surface area contributed by atoms with Crippen molar-refractivity contribution in [3.8, 4) is 0 Å². The van der Waals surface area contributed by atoms with Crippen molar-refractivity contribution in [2.75, 3.05) is 6.54 Å². The van der Waals surface area contributed by atoms with E-state index in [1.807, 2.05) is 12.4 Å². The molecule has 2 aromatic rings. The predicted molar refractivity (Wildman–Crippen MR) is 69.8 cm³/mol. The van der Waals surface area contributed by atoms with Crippen LogP contribution in [-0.2, 0) is 13.1 Å². The molecule has 0 radical (unpaired) electrons. The molecule has 6 nitrogen and oxygen atoms in total. The van der Waals surface area contributed by atoms with Crippen molar-refractivity contribution in [3.63, 3.8) is 0 Å².